The summed E-state index contributed by atoms with van der Waals surface area (Å²) in [6.45, 7) is 3.40. The number of amides is 1. The van der Waals surface area contributed by atoms with Gasteiger partial charge in [0.2, 0.25) is 5.91 Å². The van der Waals surface area contributed by atoms with Crippen molar-refractivity contribution in [3.8, 4) is 5.75 Å². The molecule has 1 atom stereocenters. The maximum atomic E-state index is 12.1. The average Bonchev–Trinajstić information content (AvgIpc) is 3.15. The summed E-state index contributed by atoms with van der Waals surface area (Å²) in [5.41, 5.74) is 0. The van der Waals surface area contributed by atoms with E-state index in [1.165, 1.54) is 0 Å². The molecule has 0 bridgehead atoms. The van der Waals surface area contributed by atoms with Gasteiger partial charge in [-0.05, 0) is 12.1 Å². The Bertz CT molecular complexity index is 621. The third-order valence-electron chi connectivity index (χ3n) is 3.68. The normalized spacial score (nSPS) is 18.2. The van der Waals surface area contributed by atoms with Crippen LogP contribution in [-0.2, 0) is 9.53 Å². The van der Waals surface area contributed by atoms with Crippen molar-refractivity contribution in [3.05, 3.63) is 46.9 Å². The van der Waals surface area contributed by atoms with E-state index in [9.17, 15) is 4.79 Å². The van der Waals surface area contributed by atoms with Crippen molar-refractivity contribution in [3.63, 3.8) is 0 Å². The topological polar surface area (TPSA) is 63.7 Å². The molecule has 7 heteroatoms. The number of carbonyl (C=O) groups is 1. The molecule has 24 heavy (non-hydrogen) atoms. The number of ether oxygens (including phenoxy) is 2. The van der Waals surface area contributed by atoms with Gasteiger partial charge in [-0.25, -0.2) is 4.98 Å². The molecule has 0 saturated carbocycles. The number of nitrogens with one attached hydrogen (secondary N) is 1. The molecule has 0 spiro atoms. The second kappa shape index (κ2) is 8.77. The summed E-state index contributed by atoms with van der Waals surface area (Å²) in [5, 5.41) is 5.80. The minimum Gasteiger partial charge on any atom is -0.492 e. The van der Waals surface area contributed by atoms with Crippen molar-refractivity contribution in [2.75, 3.05) is 39.4 Å². The van der Waals surface area contributed by atoms with Gasteiger partial charge in [-0.3, -0.25) is 9.69 Å². The van der Waals surface area contributed by atoms with Crippen LogP contribution in [0, 0.1) is 0 Å². The molecule has 0 unspecified atom stereocenters. The lowest BCUT2D eigenvalue weighted by Crippen LogP contribution is -2.44. The van der Waals surface area contributed by atoms with Crippen LogP contribution in [0.5, 0.6) is 5.75 Å². The van der Waals surface area contributed by atoms with E-state index in [1.54, 1.807) is 17.5 Å². The van der Waals surface area contributed by atoms with Gasteiger partial charge in [0.1, 0.15) is 23.5 Å². The number of hydrogen-bond donors (Lipinski definition) is 1. The van der Waals surface area contributed by atoms with Crippen LogP contribution in [0.1, 0.15) is 11.1 Å². The number of hydrogen-bond acceptors (Lipinski definition) is 6. The lowest BCUT2D eigenvalue weighted by atomic mass is 10.3. The molecule has 1 saturated heterocycles. The molecule has 1 aliphatic rings. The summed E-state index contributed by atoms with van der Waals surface area (Å²) >= 11 is 1.59. The predicted molar refractivity (Wildman–Crippen MR) is 92.2 cm³/mol. The Kier molecular flexibility index (Phi) is 6.17. The molecule has 1 aliphatic heterocycles. The number of morpholine rings is 1. The van der Waals surface area contributed by atoms with Crippen molar-refractivity contribution in [1.29, 1.82) is 0 Å². The smallest absolute Gasteiger partial charge is 0.234 e. The van der Waals surface area contributed by atoms with Crippen LogP contribution in [0.25, 0.3) is 0 Å². The molecule has 128 valence electrons. The Morgan fingerprint density at radius 3 is 3.08 bits per heavy atom. The molecule has 3 rings (SSSR count). The lowest BCUT2D eigenvalue weighted by Gasteiger charge is -2.31. The highest BCUT2D eigenvalue weighted by molar-refractivity contribution is 7.09. The first kappa shape index (κ1) is 16.9. The minimum atomic E-state index is -0.0343. The zero-order valence-electron chi connectivity index (χ0n) is 13.4. The van der Waals surface area contributed by atoms with Crippen LogP contribution < -0.4 is 10.1 Å². The monoisotopic (exact) mass is 347 g/mol. The highest BCUT2D eigenvalue weighted by Crippen LogP contribution is 2.23. The third kappa shape index (κ3) is 5.02. The van der Waals surface area contributed by atoms with Crippen molar-refractivity contribution >= 4 is 17.2 Å². The quantitative estimate of drug-likeness (QED) is 0.773. The summed E-state index contributed by atoms with van der Waals surface area (Å²) in [6.07, 6.45) is 1.75. The van der Waals surface area contributed by atoms with Gasteiger partial charge in [0.25, 0.3) is 0 Å². The van der Waals surface area contributed by atoms with E-state index in [0.29, 0.717) is 32.8 Å². The molecule has 0 aliphatic carbocycles. The van der Waals surface area contributed by atoms with Crippen molar-refractivity contribution in [1.82, 2.24) is 15.2 Å². The lowest BCUT2D eigenvalue weighted by molar-refractivity contribution is -0.124. The standard InChI is InChI=1S/C17H21N3O3S/c21-16(18-6-9-22-14-4-2-1-3-5-14)13-20-8-10-23-15(12-20)17-19-7-11-24-17/h1-5,7,11,15H,6,8-10,12-13H2,(H,18,21)/t15-/m1/s1. The number of benzene rings is 1. The molecule has 1 amide bonds. The van der Waals surface area contributed by atoms with Gasteiger partial charge in [0.15, 0.2) is 0 Å². The number of carbonyl (C=O) groups excluding carboxylic acids is 1. The number of thiazole rings is 1. The highest BCUT2D eigenvalue weighted by atomic mass is 32.1. The number of rotatable bonds is 7. The van der Waals surface area contributed by atoms with Crippen LogP contribution in [-0.4, -0.2) is 55.2 Å². The van der Waals surface area contributed by atoms with Crippen molar-refractivity contribution in [2.45, 2.75) is 6.10 Å². The molecular weight excluding hydrogens is 326 g/mol. The van der Waals surface area contributed by atoms with E-state index < -0.39 is 0 Å². The molecule has 1 aromatic carbocycles. The molecule has 1 fully saturated rings. The van der Waals surface area contributed by atoms with E-state index in [0.717, 1.165) is 17.3 Å². The van der Waals surface area contributed by atoms with E-state index in [2.05, 4.69) is 15.2 Å². The molecule has 2 aromatic rings. The molecular formula is C17H21N3O3S. The second-order valence-corrected chi connectivity index (χ2v) is 6.40. The van der Waals surface area contributed by atoms with Gasteiger partial charge in [-0.1, -0.05) is 18.2 Å². The van der Waals surface area contributed by atoms with Crippen molar-refractivity contribution in [2.24, 2.45) is 0 Å². The van der Waals surface area contributed by atoms with Gasteiger partial charge in [-0.15, -0.1) is 11.3 Å². The predicted octanol–water partition coefficient (Wildman–Crippen LogP) is 1.71. The Morgan fingerprint density at radius 1 is 1.42 bits per heavy atom. The molecule has 0 radical (unpaired) electrons. The van der Waals surface area contributed by atoms with Crippen LogP contribution in [0.4, 0.5) is 0 Å². The summed E-state index contributed by atoms with van der Waals surface area (Å²) in [7, 11) is 0. The maximum Gasteiger partial charge on any atom is 0.234 e. The van der Waals surface area contributed by atoms with Gasteiger partial charge in [-0.2, -0.15) is 0 Å². The van der Waals surface area contributed by atoms with E-state index in [4.69, 9.17) is 9.47 Å². The fraction of sp³-hybridized carbons (Fsp3) is 0.412. The molecule has 1 aromatic heterocycles. The van der Waals surface area contributed by atoms with E-state index in [-0.39, 0.29) is 12.0 Å². The van der Waals surface area contributed by atoms with Crippen LogP contribution in [0.2, 0.25) is 0 Å². The Hall–Kier alpha value is -1.96. The fourth-order valence-electron chi connectivity index (χ4n) is 2.52. The zero-order valence-corrected chi connectivity index (χ0v) is 14.2. The second-order valence-electron chi connectivity index (χ2n) is 5.48. The third-order valence-corrected chi connectivity index (χ3v) is 4.55. The van der Waals surface area contributed by atoms with Crippen molar-refractivity contribution < 1.29 is 14.3 Å². The van der Waals surface area contributed by atoms with Gasteiger partial charge in [0, 0.05) is 24.7 Å². The summed E-state index contributed by atoms with van der Waals surface area (Å²) in [5.74, 6) is 0.817. The Labute approximate surface area is 145 Å². The number of aromatic nitrogens is 1. The summed E-state index contributed by atoms with van der Waals surface area (Å²) in [6, 6.07) is 9.58. The minimum absolute atomic E-state index is 0.00597. The average molecular weight is 347 g/mol. The summed E-state index contributed by atoms with van der Waals surface area (Å²) in [4.78, 5) is 18.4. The SMILES string of the molecule is O=C(CN1CCO[C@@H](c2nccs2)C1)NCCOc1ccccc1. The Balaban J connectivity index is 1.35. The van der Waals surface area contributed by atoms with E-state index >= 15 is 0 Å². The van der Waals surface area contributed by atoms with E-state index in [1.807, 2.05) is 35.7 Å². The number of para-hydroxylation sites is 1. The first-order chi connectivity index (χ1) is 11.8. The Morgan fingerprint density at radius 2 is 2.29 bits per heavy atom. The van der Waals surface area contributed by atoms with Gasteiger partial charge >= 0.3 is 0 Å². The molecule has 1 N–H and O–H groups in total. The van der Waals surface area contributed by atoms with Crippen LogP contribution in [0.15, 0.2) is 41.9 Å². The fourth-order valence-corrected chi connectivity index (χ4v) is 3.20. The molecule has 2 heterocycles. The first-order valence-electron chi connectivity index (χ1n) is 7.99. The number of nitrogens with zero attached hydrogens (tertiary/aromatic N) is 2. The van der Waals surface area contributed by atoms with Gasteiger partial charge in [0.05, 0.1) is 19.7 Å². The largest absolute Gasteiger partial charge is 0.492 e. The first-order valence-corrected chi connectivity index (χ1v) is 8.87. The molecule has 6 nitrogen and oxygen atoms in total. The van der Waals surface area contributed by atoms with Gasteiger partial charge < -0.3 is 14.8 Å². The maximum absolute atomic E-state index is 12.1. The summed E-state index contributed by atoms with van der Waals surface area (Å²) < 4.78 is 11.3. The van der Waals surface area contributed by atoms with Crippen LogP contribution in [0.3, 0.4) is 0 Å². The highest BCUT2D eigenvalue weighted by Gasteiger charge is 2.24. The zero-order chi connectivity index (χ0) is 16.6. The van der Waals surface area contributed by atoms with Crippen LogP contribution >= 0.6 is 11.3 Å².